The van der Waals surface area contributed by atoms with Gasteiger partial charge >= 0.3 is 12.0 Å². The normalized spacial score (nSPS) is 19.6. The summed E-state index contributed by atoms with van der Waals surface area (Å²) in [6, 6.07) is -0.141. The molecule has 0 saturated carbocycles. The van der Waals surface area contributed by atoms with Gasteiger partial charge in [-0.2, -0.15) is 0 Å². The summed E-state index contributed by atoms with van der Waals surface area (Å²) in [5, 5.41) is 15.0. The molecule has 104 valence electrons. The predicted molar refractivity (Wildman–Crippen MR) is 68.5 cm³/mol. The van der Waals surface area contributed by atoms with Gasteiger partial charge in [-0.15, -0.1) is 0 Å². The van der Waals surface area contributed by atoms with E-state index in [1.807, 2.05) is 6.92 Å². The van der Waals surface area contributed by atoms with Gasteiger partial charge in [0.1, 0.15) is 0 Å². The lowest BCUT2D eigenvalue weighted by molar-refractivity contribution is -0.143. The van der Waals surface area contributed by atoms with Gasteiger partial charge in [0.15, 0.2) is 0 Å². The molecule has 1 aliphatic heterocycles. The molecule has 0 bridgehead atoms. The summed E-state index contributed by atoms with van der Waals surface area (Å²) in [5.74, 6) is -1.22. The largest absolute Gasteiger partial charge is 0.481 e. The van der Waals surface area contributed by atoms with Crippen LogP contribution < -0.4 is 10.6 Å². The Kier molecular flexibility index (Phi) is 6.49. The zero-order chi connectivity index (χ0) is 13.4. The molecule has 1 saturated heterocycles. The first-order valence-corrected chi connectivity index (χ1v) is 6.61. The van der Waals surface area contributed by atoms with E-state index in [0.29, 0.717) is 26.1 Å². The van der Waals surface area contributed by atoms with E-state index in [1.54, 1.807) is 4.90 Å². The first-order valence-electron chi connectivity index (χ1n) is 6.61. The molecule has 0 aliphatic carbocycles. The molecule has 3 N–H and O–H groups in total. The summed E-state index contributed by atoms with van der Waals surface area (Å²) < 4.78 is 0. The van der Waals surface area contributed by atoms with Crippen molar-refractivity contribution in [2.24, 2.45) is 5.92 Å². The Morgan fingerprint density at radius 1 is 1.39 bits per heavy atom. The van der Waals surface area contributed by atoms with Gasteiger partial charge in [-0.3, -0.25) is 4.79 Å². The molecular formula is C12H23N3O3. The van der Waals surface area contributed by atoms with Crippen molar-refractivity contribution in [3.05, 3.63) is 0 Å². The topological polar surface area (TPSA) is 81.7 Å². The minimum atomic E-state index is -0.806. The van der Waals surface area contributed by atoms with Gasteiger partial charge in [-0.1, -0.05) is 6.92 Å². The van der Waals surface area contributed by atoms with Crippen molar-refractivity contribution < 1.29 is 14.7 Å². The van der Waals surface area contributed by atoms with Crippen molar-refractivity contribution in [3.8, 4) is 0 Å². The number of carbonyl (C=O) groups excluding carboxylic acids is 1. The molecule has 0 aromatic heterocycles. The van der Waals surface area contributed by atoms with E-state index in [2.05, 4.69) is 10.6 Å². The summed E-state index contributed by atoms with van der Waals surface area (Å²) in [4.78, 5) is 24.3. The number of rotatable bonds is 6. The Balaban J connectivity index is 2.22. The van der Waals surface area contributed by atoms with Gasteiger partial charge < -0.3 is 20.6 Å². The average molecular weight is 257 g/mol. The summed E-state index contributed by atoms with van der Waals surface area (Å²) in [7, 11) is 0. The fraction of sp³-hybridized carbons (Fsp3) is 0.833. The third kappa shape index (κ3) is 4.91. The van der Waals surface area contributed by atoms with Crippen LogP contribution in [0.3, 0.4) is 0 Å². The predicted octanol–water partition coefficient (Wildman–Crippen LogP) is 0.492. The van der Waals surface area contributed by atoms with Crippen LogP contribution in [0.4, 0.5) is 4.79 Å². The lowest BCUT2D eigenvalue weighted by Crippen LogP contribution is -2.47. The summed E-state index contributed by atoms with van der Waals surface area (Å²) in [6.45, 7) is 5.46. The minimum absolute atomic E-state index is 0.141. The lowest BCUT2D eigenvalue weighted by Gasteiger charge is -2.30. The number of aliphatic carboxylic acids is 1. The highest BCUT2D eigenvalue weighted by Gasteiger charge is 2.27. The Labute approximate surface area is 108 Å². The summed E-state index contributed by atoms with van der Waals surface area (Å²) >= 11 is 0. The quantitative estimate of drug-likeness (QED) is 0.605. The third-order valence-corrected chi connectivity index (χ3v) is 3.11. The van der Waals surface area contributed by atoms with E-state index in [9.17, 15) is 9.59 Å². The maximum Gasteiger partial charge on any atom is 0.317 e. The SMILES string of the molecule is CCNCCCNC(=O)N1CCCC(C(=O)O)C1. The third-order valence-electron chi connectivity index (χ3n) is 3.11. The number of likely N-dealkylation sites (tertiary alicyclic amines) is 1. The zero-order valence-electron chi connectivity index (χ0n) is 10.9. The van der Waals surface area contributed by atoms with Crippen LogP contribution in [-0.2, 0) is 4.79 Å². The van der Waals surface area contributed by atoms with Gasteiger partial charge in [-0.05, 0) is 32.4 Å². The number of urea groups is 1. The highest BCUT2D eigenvalue weighted by Crippen LogP contribution is 2.16. The molecule has 18 heavy (non-hydrogen) atoms. The second kappa shape index (κ2) is 7.92. The van der Waals surface area contributed by atoms with Gasteiger partial charge in [0, 0.05) is 19.6 Å². The number of hydrogen-bond acceptors (Lipinski definition) is 3. The van der Waals surface area contributed by atoms with E-state index >= 15 is 0 Å². The first kappa shape index (κ1) is 14.8. The van der Waals surface area contributed by atoms with E-state index in [-0.39, 0.29) is 6.03 Å². The number of hydrogen-bond donors (Lipinski definition) is 3. The van der Waals surface area contributed by atoms with Crippen molar-refractivity contribution in [3.63, 3.8) is 0 Å². The smallest absolute Gasteiger partial charge is 0.317 e. The van der Waals surface area contributed by atoms with Crippen LogP contribution in [0.1, 0.15) is 26.2 Å². The first-order chi connectivity index (χ1) is 8.65. The number of carbonyl (C=O) groups is 2. The van der Waals surface area contributed by atoms with Crippen LogP contribution in [0.2, 0.25) is 0 Å². The highest BCUT2D eigenvalue weighted by atomic mass is 16.4. The van der Waals surface area contributed by atoms with E-state index in [1.165, 1.54) is 0 Å². The molecule has 1 fully saturated rings. The maximum atomic E-state index is 11.8. The highest BCUT2D eigenvalue weighted by molar-refractivity contribution is 5.76. The average Bonchev–Trinajstić information content (AvgIpc) is 2.38. The molecule has 1 aliphatic rings. The van der Waals surface area contributed by atoms with Gasteiger partial charge in [-0.25, -0.2) is 4.79 Å². The van der Waals surface area contributed by atoms with Crippen molar-refractivity contribution in [1.29, 1.82) is 0 Å². The van der Waals surface area contributed by atoms with Crippen LogP contribution in [0.25, 0.3) is 0 Å². The van der Waals surface area contributed by atoms with Gasteiger partial charge in [0.2, 0.25) is 0 Å². The van der Waals surface area contributed by atoms with E-state index in [0.717, 1.165) is 25.9 Å². The number of piperidine rings is 1. The number of carboxylic acids is 1. The number of nitrogens with zero attached hydrogens (tertiary/aromatic N) is 1. The van der Waals surface area contributed by atoms with Crippen LogP contribution in [0, 0.1) is 5.92 Å². The summed E-state index contributed by atoms with van der Waals surface area (Å²) in [6.07, 6.45) is 2.32. The van der Waals surface area contributed by atoms with Crippen molar-refractivity contribution in [2.45, 2.75) is 26.2 Å². The minimum Gasteiger partial charge on any atom is -0.481 e. The van der Waals surface area contributed by atoms with Crippen molar-refractivity contribution >= 4 is 12.0 Å². The van der Waals surface area contributed by atoms with E-state index < -0.39 is 11.9 Å². The Morgan fingerprint density at radius 2 is 2.17 bits per heavy atom. The van der Waals surface area contributed by atoms with Crippen molar-refractivity contribution in [1.82, 2.24) is 15.5 Å². The zero-order valence-corrected chi connectivity index (χ0v) is 10.9. The molecule has 6 nitrogen and oxygen atoms in total. The van der Waals surface area contributed by atoms with Gasteiger partial charge in [0.05, 0.1) is 5.92 Å². The van der Waals surface area contributed by atoms with Crippen LogP contribution >= 0.6 is 0 Å². The Hall–Kier alpha value is -1.30. The van der Waals surface area contributed by atoms with Gasteiger partial charge in [0.25, 0.3) is 0 Å². The molecule has 0 spiro atoms. The molecule has 0 radical (unpaired) electrons. The van der Waals surface area contributed by atoms with E-state index in [4.69, 9.17) is 5.11 Å². The molecule has 1 unspecified atom stereocenters. The molecule has 0 aromatic carbocycles. The molecule has 1 heterocycles. The second-order valence-electron chi connectivity index (χ2n) is 4.56. The number of amides is 2. The fourth-order valence-corrected chi connectivity index (χ4v) is 2.06. The Bertz CT molecular complexity index is 284. The maximum absolute atomic E-state index is 11.8. The summed E-state index contributed by atoms with van der Waals surface area (Å²) in [5.41, 5.74) is 0. The molecule has 1 rings (SSSR count). The van der Waals surface area contributed by atoms with Crippen molar-refractivity contribution in [2.75, 3.05) is 32.7 Å². The number of carboxylic acid groups (broad SMARTS) is 1. The molecular weight excluding hydrogens is 234 g/mol. The molecule has 0 aromatic rings. The fourth-order valence-electron chi connectivity index (χ4n) is 2.06. The Morgan fingerprint density at radius 3 is 2.83 bits per heavy atom. The molecule has 1 atom stereocenters. The monoisotopic (exact) mass is 257 g/mol. The molecule has 6 heteroatoms. The van der Waals surface area contributed by atoms with Crippen LogP contribution in [0.15, 0.2) is 0 Å². The van der Waals surface area contributed by atoms with Crippen LogP contribution in [-0.4, -0.2) is 54.7 Å². The number of nitrogens with one attached hydrogen (secondary N) is 2. The standard InChI is InChI=1S/C12H23N3O3/c1-2-13-6-4-7-14-12(18)15-8-3-5-10(9-15)11(16)17/h10,13H,2-9H2,1H3,(H,14,18)(H,16,17). The second-order valence-corrected chi connectivity index (χ2v) is 4.56. The lowest BCUT2D eigenvalue weighted by atomic mass is 9.99. The molecule has 2 amide bonds. The van der Waals surface area contributed by atoms with Crippen LogP contribution in [0.5, 0.6) is 0 Å².